The van der Waals surface area contributed by atoms with E-state index in [0.717, 1.165) is 28.7 Å². The molecule has 3 aromatic rings. The van der Waals surface area contributed by atoms with Crippen LogP contribution in [0.25, 0.3) is 10.6 Å². The number of hydrogen-bond acceptors (Lipinski definition) is 5. The number of thiazole rings is 1. The monoisotopic (exact) mass is 282 g/mol. The highest BCUT2D eigenvalue weighted by atomic mass is 32.1. The summed E-state index contributed by atoms with van der Waals surface area (Å²) in [7, 11) is 0. The van der Waals surface area contributed by atoms with Gasteiger partial charge < -0.3 is 5.32 Å². The van der Waals surface area contributed by atoms with Crippen LogP contribution in [0.3, 0.4) is 0 Å². The predicted octanol–water partition coefficient (Wildman–Crippen LogP) is 2.89. The topological polar surface area (TPSA) is 50.7 Å². The Kier molecular flexibility index (Phi) is 4.10. The van der Waals surface area contributed by atoms with E-state index >= 15 is 0 Å². The molecule has 0 aliphatic carbocycles. The third-order valence-electron chi connectivity index (χ3n) is 2.80. The SMILES string of the molecule is c1ccc(-c2cnc(CNCc3cccnc3)s2)nc1. The normalized spacial score (nSPS) is 10.6. The molecule has 0 aliphatic heterocycles. The van der Waals surface area contributed by atoms with Crippen LogP contribution in [0.4, 0.5) is 0 Å². The van der Waals surface area contributed by atoms with E-state index in [1.165, 1.54) is 5.56 Å². The van der Waals surface area contributed by atoms with E-state index in [0.29, 0.717) is 0 Å². The Hall–Kier alpha value is -2.11. The summed E-state index contributed by atoms with van der Waals surface area (Å²) < 4.78 is 0. The molecule has 0 atom stereocenters. The van der Waals surface area contributed by atoms with Crippen molar-refractivity contribution in [1.29, 1.82) is 0 Å². The molecule has 0 aromatic carbocycles. The standard InChI is InChI=1S/C15H14N4S/c1-2-7-18-13(5-1)14-10-19-15(20-14)11-17-9-12-4-3-6-16-8-12/h1-8,10,17H,9,11H2. The lowest BCUT2D eigenvalue weighted by atomic mass is 10.3. The molecule has 0 fully saturated rings. The van der Waals surface area contributed by atoms with Crippen molar-refractivity contribution in [2.24, 2.45) is 0 Å². The molecule has 3 aromatic heterocycles. The fourth-order valence-corrected chi connectivity index (χ4v) is 2.70. The Labute approximate surface area is 121 Å². The van der Waals surface area contributed by atoms with Gasteiger partial charge >= 0.3 is 0 Å². The average molecular weight is 282 g/mol. The van der Waals surface area contributed by atoms with Crippen LogP contribution in [0.5, 0.6) is 0 Å². The lowest BCUT2D eigenvalue weighted by molar-refractivity contribution is 0.688. The van der Waals surface area contributed by atoms with Crippen LogP contribution in [0.1, 0.15) is 10.6 Å². The maximum Gasteiger partial charge on any atom is 0.107 e. The van der Waals surface area contributed by atoms with Gasteiger partial charge in [-0.3, -0.25) is 9.97 Å². The lowest BCUT2D eigenvalue weighted by Crippen LogP contribution is -2.12. The molecule has 0 aliphatic rings. The molecule has 5 heteroatoms. The van der Waals surface area contributed by atoms with Gasteiger partial charge in [0.2, 0.25) is 0 Å². The van der Waals surface area contributed by atoms with Gasteiger partial charge in [0.05, 0.1) is 10.6 Å². The number of nitrogens with zero attached hydrogens (tertiary/aromatic N) is 3. The Morgan fingerprint density at radius 3 is 2.75 bits per heavy atom. The van der Waals surface area contributed by atoms with Crippen LogP contribution in [0, 0.1) is 0 Å². The summed E-state index contributed by atoms with van der Waals surface area (Å²) in [5.74, 6) is 0. The first-order valence-electron chi connectivity index (χ1n) is 6.37. The first kappa shape index (κ1) is 12.9. The average Bonchev–Trinajstić information content (AvgIpc) is 2.98. The molecule has 4 nitrogen and oxygen atoms in total. The van der Waals surface area contributed by atoms with Crippen molar-refractivity contribution in [2.75, 3.05) is 0 Å². The molecule has 0 spiro atoms. The van der Waals surface area contributed by atoms with Crippen LogP contribution in [0.15, 0.2) is 55.1 Å². The second-order valence-electron chi connectivity index (χ2n) is 4.30. The van der Waals surface area contributed by atoms with E-state index in [4.69, 9.17) is 0 Å². The quantitative estimate of drug-likeness (QED) is 0.782. The number of pyridine rings is 2. The fraction of sp³-hybridized carbons (Fsp3) is 0.133. The van der Waals surface area contributed by atoms with Crippen LogP contribution in [-0.4, -0.2) is 15.0 Å². The highest BCUT2D eigenvalue weighted by Gasteiger charge is 2.04. The zero-order valence-electron chi connectivity index (χ0n) is 10.9. The van der Waals surface area contributed by atoms with Gasteiger partial charge in [-0.05, 0) is 23.8 Å². The van der Waals surface area contributed by atoms with Crippen molar-refractivity contribution in [2.45, 2.75) is 13.1 Å². The Morgan fingerprint density at radius 1 is 0.950 bits per heavy atom. The van der Waals surface area contributed by atoms with Crippen LogP contribution in [0.2, 0.25) is 0 Å². The maximum absolute atomic E-state index is 4.42. The minimum absolute atomic E-state index is 0.756. The molecule has 3 heterocycles. The van der Waals surface area contributed by atoms with E-state index in [1.54, 1.807) is 23.7 Å². The van der Waals surface area contributed by atoms with Gasteiger partial charge in [0.25, 0.3) is 0 Å². The Bertz CT molecular complexity index is 652. The zero-order chi connectivity index (χ0) is 13.6. The summed E-state index contributed by atoms with van der Waals surface area (Å²) in [6.45, 7) is 1.55. The minimum atomic E-state index is 0.756. The molecule has 0 radical (unpaired) electrons. The van der Waals surface area contributed by atoms with Crippen molar-refractivity contribution in [3.05, 3.63) is 65.7 Å². The summed E-state index contributed by atoms with van der Waals surface area (Å²) in [6, 6.07) is 9.91. The third kappa shape index (κ3) is 3.26. The van der Waals surface area contributed by atoms with Crippen LogP contribution in [-0.2, 0) is 13.1 Å². The maximum atomic E-state index is 4.42. The van der Waals surface area contributed by atoms with Crippen molar-refractivity contribution in [3.8, 4) is 10.6 Å². The Morgan fingerprint density at radius 2 is 1.95 bits per heavy atom. The van der Waals surface area contributed by atoms with Crippen molar-refractivity contribution < 1.29 is 0 Å². The zero-order valence-corrected chi connectivity index (χ0v) is 11.7. The summed E-state index contributed by atoms with van der Waals surface area (Å²) in [4.78, 5) is 13.9. The van der Waals surface area contributed by atoms with Gasteiger partial charge in [-0.1, -0.05) is 12.1 Å². The second kappa shape index (κ2) is 6.36. The van der Waals surface area contributed by atoms with Gasteiger partial charge in [0.15, 0.2) is 0 Å². The van der Waals surface area contributed by atoms with E-state index in [9.17, 15) is 0 Å². The molecule has 20 heavy (non-hydrogen) atoms. The largest absolute Gasteiger partial charge is 0.306 e. The molecule has 0 amide bonds. The van der Waals surface area contributed by atoms with Crippen molar-refractivity contribution in [3.63, 3.8) is 0 Å². The van der Waals surface area contributed by atoms with E-state index in [1.807, 2.05) is 36.7 Å². The molecular weight excluding hydrogens is 268 g/mol. The first-order chi connectivity index (χ1) is 9.92. The summed E-state index contributed by atoms with van der Waals surface area (Å²) >= 11 is 1.67. The van der Waals surface area contributed by atoms with Crippen LogP contribution >= 0.6 is 11.3 Å². The predicted molar refractivity (Wildman–Crippen MR) is 80.1 cm³/mol. The molecule has 0 bridgehead atoms. The number of nitrogens with one attached hydrogen (secondary N) is 1. The van der Waals surface area contributed by atoms with Gasteiger partial charge in [-0.15, -0.1) is 11.3 Å². The summed E-state index contributed by atoms with van der Waals surface area (Å²) in [6.07, 6.45) is 7.33. The second-order valence-corrected chi connectivity index (χ2v) is 5.41. The smallest absolute Gasteiger partial charge is 0.107 e. The van der Waals surface area contributed by atoms with Crippen LogP contribution < -0.4 is 5.32 Å². The fourth-order valence-electron chi connectivity index (χ4n) is 1.84. The lowest BCUT2D eigenvalue weighted by Gasteiger charge is -2.01. The van der Waals surface area contributed by atoms with Gasteiger partial charge in [-0.2, -0.15) is 0 Å². The van der Waals surface area contributed by atoms with E-state index in [2.05, 4.69) is 26.3 Å². The number of aromatic nitrogens is 3. The molecule has 3 rings (SSSR count). The molecule has 0 saturated heterocycles. The highest BCUT2D eigenvalue weighted by molar-refractivity contribution is 7.15. The molecule has 0 saturated carbocycles. The number of rotatable bonds is 5. The molecule has 100 valence electrons. The third-order valence-corrected chi connectivity index (χ3v) is 3.82. The Balaban J connectivity index is 1.58. The van der Waals surface area contributed by atoms with Crippen molar-refractivity contribution in [1.82, 2.24) is 20.3 Å². The minimum Gasteiger partial charge on any atom is -0.306 e. The highest BCUT2D eigenvalue weighted by Crippen LogP contribution is 2.23. The first-order valence-corrected chi connectivity index (χ1v) is 7.19. The summed E-state index contributed by atoms with van der Waals surface area (Å²) in [5.41, 5.74) is 2.15. The van der Waals surface area contributed by atoms with Crippen molar-refractivity contribution >= 4 is 11.3 Å². The summed E-state index contributed by atoms with van der Waals surface area (Å²) in [5, 5.41) is 4.43. The van der Waals surface area contributed by atoms with Gasteiger partial charge in [-0.25, -0.2) is 4.98 Å². The van der Waals surface area contributed by atoms with E-state index < -0.39 is 0 Å². The van der Waals surface area contributed by atoms with Gasteiger partial charge in [0, 0.05) is 37.9 Å². The number of hydrogen-bond donors (Lipinski definition) is 1. The molecule has 0 unspecified atom stereocenters. The van der Waals surface area contributed by atoms with Gasteiger partial charge in [0.1, 0.15) is 5.01 Å². The van der Waals surface area contributed by atoms with E-state index in [-0.39, 0.29) is 0 Å². The molecule has 1 N–H and O–H groups in total. The molecular formula is C15H14N4S.